The van der Waals surface area contributed by atoms with Gasteiger partial charge in [0.05, 0.1) is 11.7 Å². The average molecular weight is 299 g/mol. The van der Waals surface area contributed by atoms with Crippen LogP contribution in [0.15, 0.2) is 48.5 Å². The van der Waals surface area contributed by atoms with E-state index >= 15 is 0 Å². The number of benzene rings is 2. The fourth-order valence-corrected chi connectivity index (χ4v) is 2.15. The fraction of sp³-hybridized carbons (Fsp3) is 0.278. The summed E-state index contributed by atoms with van der Waals surface area (Å²) in [6.07, 6.45) is -0.628. The molecule has 0 unspecified atom stereocenters. The summed E-state index contributed by atoms with van der Waals surface area (Å²) < 4.78 is 5.41. The molecule has 116 valence electrons. The molecule has 2 N–H and O–H groups in total. The van der Waals surface area contributed by atoms with Gasteiger partial charge in [0.15, 0.2) is 0 Å². The second-order valence-electron chi connectivity index (χ2n) is 5.10. The summed E-state index contributed by atoms with van der Waals surface area (Å²) in [4.78, 5) is 12.2. The monoisotopic (exact) mass is 299 g/mol. The molecule has 0 spiro atoms. The Morgan fingerprint density at radius 1 is 1.23 bits per heavy atom. The number of esters is 1. The van der Waals surface area contributed by atoms with Crippen LogP contribution in [0.5, 0.6) is 5.75 Å². The largest absolute Gasteiger partial charge is 0.423 e. The van der Waals surface area contributed by atoms with Gasteiger partial charge in [-0.2, -0.15) is 0 Å². The summed E-state index contributed by atoms with van der Waals surface area (Å²) in [6.45, 7) is 5.10. The highest BCUT2D eigenvalue weighted by atomic mass is 16.5. The Hall–Kier alpha value is -2.17. The lowest BCUT2D eigenvalue weighted by Crippen LogP contribution is -2.20. The zero-order valence-electron chi connectivity index (χ0n) is 12.9. The van der Waals surface area contributed by atoms with Crippen LogP contribution in [0.3, 0.4) is 0 Å². The standard InChI is InChI=1S/C18H21NO3/c1-3-19-12-17(20)14-8-6-9-15(11-14)22-18(21)16-10-5-4-7-13(16)2/h4-11,17,19-20H,3,12H2,1-2H3/t17-/m1/s1. The second-order valence-corrected chi connectivity index (χ2v) is 5.10. The molecule has 0 amide bonds. The lowest BCUT2D eigenvalue weighted by atomic mass is 10.1. The molecule has 1 atom stereocenters. The summed E-state index contributed by atoms with van der Waals surface area (Å²) >= 11 is 0. The normalized spacial score (nSPS) is 12.0. The van der Waals surface area contributed by atoms with Gasteiger partial charge in [-0.15, -0.1) is 0 Å². The Morgan fingerprint density at radius 2 is 2.00 bits per heavy atom. The van der Waals surface area contributed by atoms with E-state index in [4.69, 9.17) is 4.74 Å². The number of carbonyl (C=O) groups is 1. The lowest BCUT2D eigenvalue weighted by Gasteiger charge is -2.13. The Balaban J connectivity index is 2.10. The van der Waals surface area contributed by atoms with Crippen molar-refractivity contribution in [1.29, 1.82) is 0 Å². The van der Waals surface area contributed by atoms with Gasteiger partial charge in [-0.1, -0.05) is 37.3 Å². The van der Waals surface area contributed by atoms with Gasteiger partial charge in [0.25, 0.3) is 0 Å². The van der Waals surface area contributed by atoms with Gasteiger partial charge in [0, 0.05) is 6.54 Å². The number of hydrogen-bond donors (Lipinski definition) is 2. The van der Waals surface area contributed by atoms with E-state index in [2.05, 4.69) is 5.32 Å². The maximum atomic E-state index is 12.2. The highest BCUT2D eigenvalue weighted by Crippen LogP contribution is 2.20. The van der Waals surface area contributed by atoms with E-state index in [-0.39, 0.29) is 0 Å². The van der Waals surface area contributed by atoms with Gasteiger partial charge >= 0.3 is 5.97 Å². The molecule has 0 saturated carbocycles. The molecular formula is C18H21NO3. The third kappa shape index (κ3) is 4.16. The molecule has 0 saturated heterocycles. The third-order valence-corrected chi connectivity index (χ3v) is 3.41. The smallest absolute Gasteiger partial charge is 0.343 e. The minimum absolute atomic E-state index is 0.392. The third-order valence-electron chi connectivity index (χ3n) is 3.41. The predicted octanol–water partition coefficient (Wildman–Crippen LogP) is 2.86. The first-order valence-electron chi connectivity index (χ1n) is 7.38. The second kappa shape index (κ2) is 7.73. The molecule has 2 rings (SSSR count). The summed E-state index contributed by atoms with van der Waals surface area (Å²) in [5.41, 5.74) is 2.13. The van der Waals surface area contributed by atoms with Crippen molar-refractivity contribution in [2.75, 3.05) is 13.1 Å². The number of aliphatic hydroxyl groups is 1. The molecule has 4 nitrogen and oxygen atoms in total. The predicted molar refractivity (Wildman–Crippen MR) is 86.1 cm³/mol. The van der Waals surface area contributed by atoms with Gasteiger partial charge in [-0.05, 0) is 42.8 Å². The Morgan fingerprint density at radius 3 is 2.73 bits per heavy atom. The van der Waals surface area contributed by atoms with Crippen LogP contribution < -0.4 is 10.1 Å². The van der Waals surface area contributed by atoms with E-state index in [0.717, 1.165) is 17.7 Å². The van der Waals surface area contributed by atoms with E-state index in [1.807, 2.05) is 32.0 Å². The van der Waals surface area contributed by atoms with E-state index in [1.54, 1.807) is 30.3 Å². The molecule has 0 bridgehead atoms. The van der Waals surface area contributed by atoms with Crippen LogP contribution in [-0.4, -0.2) is 24.2 Å². The van der Waals surface area contributed by atoms with Gasteiger partial charge < -0.3 is 15.2 Å². The van der Waals surface area contributed by atoms with Crippen molar-refractivity contribution in [2.45, 2.75) is 20.0 Å². The van der Waals surface area contributed by atoms with Gasteiger partial charge in [-0.25, -0.2) is 4.79 Å². The Labute approximate surface area is 130 Å². The lowest BCUT2D eigenvalue weighted by molar-refractivity contribution is 0.0733. The zero-order chi connectivity index (χ0) is 15.9. The number of hydrogen-bond acceptors (Lipinski definition) is 4. The van der Waals surface area contributed by atoms with Crippen LogP contribution in [0, 0.1) is 6.92 Å². The summed E-state index contributed by atoms with van der Waals surface area (Å²) in [5.74, 6) is 0.0396. The quantitative estimate of drug-likeness (QED) is 0.636. The number of rotatable bonds is 6. The number of nitrogens with one attached hydrogen (secondary N) is 1. The van der Waals surface area contributed by atoms with Crippen molar-refractivity contribution in [3.8, 4) is 5.75 Å². The topological polar surface area (TPSA) is 58.6 Å². The molecule has 22 heavy (non-hydrogen) atoms. The average Bonchev–Trinajstić information content (AvgIpc) is 2.53. The first-order chi connectivity index (χ1) is 10.6. The van der Waals surface area contributed by atoms with Crippen LogP contribution in [-0.2, 0) is 0 Å². The number of ether oxygens (including phenoxy) is 1. The molecule has 0 fully saturated rings. The molecule has 0 aromatic heterocycles. The SMILES string of the molecule is CCNC[C@@H](O)c1cccc(OC(=O)c2ccccc2C)c1. The van der Waals surface area contributed by atoms with Gasteiger partial charge in [0.1, 0.15) is 5.75 Å². The summed E-state index contributed by atoms with van der Waals surface area (Å²) in [6, 6.07) is 14.3. The molecular weight excluding hydrogens is 278 g/mol. The van der Waals surface area contributed by atoms with E-state index in [9.17, 15) is 9.90 Å². The zero-order valence-corrected chi connectivity index (χ0v) is 12.9. The highest BCUT2D eigenvalue weighted by molar-refractivity contribution is 5.92. The summed E-state index contributed by atoms with van der Waals surface area (Å²) in [7, 11) is 0. The van der Waals surface area contributed by atoms with Crippen molar-refractivity contribution in [1.82, 2.24) is 5.32 Å². The highest BCUT2D eigenvalue weighted by Gasteiger charge is 2.13. The minimum atomic E-state index is -0.628. The first kappa shape index (κ1) is 16.2. The van der Waals surface area contributed by atoms with Gasteiger partial charge in [-0.3, -0.25) is 0 Å². The van der Waals surface area contributed by atoms with E-state index < -0.39 is 12.1 Å². The molecule has 0 radical (unpaired) electrons. The van der Waals surface area contributed by atoms with Crippen molar-refractivity contribution >= 4 is 5.97 Å². The van der Waals surface area contributed by atoms with Crippen LogP contribution in [0.1, 0.15) is 34.5 Å². The maximum Gasteiger partial charge on any atom is 0.343 e. The fourth-order valence-electron chi connectivity index (χ4n) is 2.15. The molecule has 2 aromatic carbocycles. The molecule has 0 aliphatic heterocycles. The maximum absolute atomic E-state index is 12.2. The van der Waals surface area contributed by atoms with Gasteiger partial charge in [0.2, 0.25) is 0 Å². The Bertz CT molecular complexity index is 640. The van der Waals surface area contributed by atoms with E-state index in [1.165, 1.54) is 0 Å². The molecule has 4 heteroatoms. The minimum Gasteiger partial charge on any atom is -0.423 e. The number of likely N-dealkylation sites (N-methyl/N-ethyl adjacent to an activating group) is 1. The molecule has 0 aliphatic rings. The van der Waals surface area contributed by atoms with Crippen LogP contribution in [0.25, 0.3) is 0 Å². The van der Waals surface area contributed by atoms with Crippen molar-refractivity contribution in [3.63, 3.8) is 0 Å². The van der Waals surface area contributed by atoms with Crippen LogP contribution >= 0.6 is 0 Å². The molecule has 0 aliphatic carbocycles. The summed E-state index contributed by atoms with van der Waals surface area (Å²) in [5, 5.41) is 13.2. The van der Waals surface area contributed by atoms with Crippen molar-refractivity contribution in [2.24, 2.45) is 0 Å². The number of aryl methyl sites for hydroxylation is 1. The Kier molecular flexibility index (Phi) is 5.69. The molecule has 2 aromatic rings. The van der Waals surface area contributed by atoms with E-state index in [0.29, 0.717) is 17.9 Å². The van der Waals surface area contributed by atoms with Crippen LogP contribution in [0.2, 0.25) is 0 Å². The molecule has 0 heterocycles. The number of carbonyl (C=O) groups excluding carboxylic acids is 1. The number of aliphatic hydroxyl groups excluding tert-OH is 1. The van der Waals surface area contributed by atoms with Crippen molar-refractivity contribution < 1.29 is 14.6 Å². The first-order valence-corrected chi connectivity index (χ1v) is 7.38. The van der Waals surface area contributed by atoms with Crippen molar-refractivity contribution in [3.05, 3.63) is 65.2 Å². The van der Waals surface area contributed by atoms with Crippen LogP contribution in [0.4, 0.5) is 0 Å².